The standard InChI is InChI=1S/C13H15NO5S/c1-18-11-5-3-10(4-6-11)14-8-9-7-13(9,12(15)19-2)20(14,16)17/h3-6,9H,7-8H2,1-2H3. The van der Waals surface area contributed by atoms with Crippen LogP contribution in [0.2, 0.25) is 0 Å². The molecule has 1 aromatic carbocycles. The van der Waals surface area contributed by atoms with Crippen LogP contribution < -0.4 is 9.04 Å². The van der Waals surface area contributed by atoms with E-state index < -0.39 is 20.7 Å². The zero-order valence-corrected chi connectivity index (χ0v) is 12.0. The summed E-state index contributed by atoms with van der Waals surface area (Å²) < 4.78 is 34.9. The summed E-state index contributed by atoms with van der Waals surface area (Å²) in [6.07, 6.45) is 0.356. The number of carbonyl (C=O) groups is 1. The highest BCUT2D eigenvalue weighted by Crippen LogP contribution is 2.58. The minimum absolute atomic E-state index is 0.179. The van der Waals surface area contributed by atoms with Crippen molar-refractivity contribution in [3.05, 3.63) is 24.3 Å². The zero-order chi connectivity index (χ0) is 14.5. The van der Waals surface area contributed by atoms with Crippen molar-refractivity contribution in [1.82, 2.24) is 0 Å². The molecular formula is C13H15NO5S. The Bertz CT molecular complexity index is 654. The van der Waals surface area contributed by atoms with Gasteiger partial charge in [-0.15, -0.1) is 0 Å². The SMILES string of the molecule is COC(=O)C12CC1CN(c1ccc(OC)cc1)S2(=O)=O. The van der Waals surface area contributed by atoms with Crippen LogP contribution in [0.15, 0.2) is 24.3 Å². The number of fused-ring (bicyclic) bond motifs is 1. The zero-order valence-electron chi connectivity index (χ0n) is 11.2. The lowest BCUT2D eigenvalue weighted by Crippen LogP contribution is -2.40. The topological polar surface area (TPSA) is 72.9 Å². The van der Waals surface area contributed by atoms with E-state index in [2.05, 4.69) is 4.74 Å². The molecule has 1 aliphatic heterocycles. The molecule has 0 aromatic heterocycles. The van der Waals surface area contributed by atoms with Crippen LogP contribution in [0.3, 0.4) is 0 Å². The van der Waals surface area contributed by atoms with E-state index in [-0.39, 0.29) is 5.92 Å². The highest BCUT2D eigenvalue weighted by atomic mass is 32.2. The molecule has 1 heterocycles. The van der Waals surface area contributed by atoms with Gasteiger partial charge in [-0.3, -0.25) is 9.10 Å². The molecule has 20 heavy (non-hydrogen) atoms. The van der Waals surface area contributed by atoms with Crippen molar-refractivity contribution in [2.45, 2.75) is 11.2 Å². The molecule has 6 nitrogen and oxygen atoms in total. The first kappa shape index (κ1) is 13.2. The number of hydrogen-bond acceptors (Lipinski definition) is 5. The number of benzene rings is 1. The number of hydrogen-bond donors (Lipinski definition) is 0. The van der Waals surface area contributed by atoms with E-state index in [1.54, 1.807) is 31.4 Å². The average Bonchev–Trinajstić information content (AvgIpc) is 3.15. The molecule has 108 valence electrons. The van der Waals surface area contributed by atoms with Gasteiger partial charge in [-0.1, -0.05) is 0 Å². The van der Waals surface area contributed by atoms with Gasteiger partial charge in [0.25, 0.3) is 10.0 Å². The number of carbonyl (C=O) groups excluding carboxylic acids is 1. The monoisotopic (exact) mass is 297 g/mol. The molecule has 0 amide bonds. The number of methoxy groups -OCH3 is 2. The number of ether oxygens (including phenoxy) is 2. The molecule has 3 rings (SSSR count). The average molecular weight is 297 g/mol. The number of anilines is 1. The number of nitrogens with zero attached hydrogens (tertiary/aromatic N) is 1. The molecule has 0 N–H and O–H groups in total. The second-order valence-electron chi connectivity index (χ2n) is 5.02. The lowest BCUT2D eigenvalue weighted by atomic mass is 10.2. The van der Waals surface area contributed by atoms with Gasteiger partial charge in [-0.2, -0.15) is 0 Å². The van der Waals surface area contributed by atoms with E-state index in [0.29, 0.717) is 24.4 Å². The molecule has 2 unspecified atom stereocenters. The summed E-state index contributed by atoms with van der Waals surface area (Å²) in [4.78, 5) is 11.8. The lowest BCUT2D eigenvalue weighted by molar-refractivity contribution is -0.141. The van der Waals surface area contributed by atoms with Gasteiger partial charge in [0.05, 0.1) is 19.9 Å². The molecule has 0 bridgehead atoms. The van der Waals surface area contributed by atoms with Gasteiger partial charge in [0.1, 0.15) is 5.75 Å². The third-order valence-corrected chi connectivity index (χ3v) is 6.60. The summed E-state index contributed by atoms with van der Waals surface area (Å²) in [5, 5.41) is 0. The first-order valence-electron chi connectivity index (χ1n) is 6.22. The number of rotatable bonds is 3. The van der Waals surface area contributed by atoms with Gasteiger partial charge in [0.15, 0.2) is 4.75 Å². The summed E-state index contributed by atoms with van der Waals surface area (Å²) in [5.41, 5.74) is 0.543. The second-order valence-corrected chi connectivity index (χ2v) is 7.14. The molecule has 2 aliphatic rings. The molecule has 1 saturated carbocycles. The quantitative estimate of drug-likeness (QED) is 0.771. The number of sulfonamides is 1. The predicted molar refractivity (Wildman–Crippen MR) is 72.1 cm³/mol. The van der Waals surface area contributed by atoms with Gasteiger partial charge in [-0.25, -0.2) is 8.42 Å². The third kappa shape index (κ3) is 1.49. The van der Waals surface area contributed by atoms with Gasteiger partial charge < -0.3 is 9.47 Å². The van der Waals surface area contributed by atoms with E-state index >= 15 is 0 Å². The van der Waals surface area contributed by atoms with Gasteiger partial charge in [0, 0.05) is 12.5 Å². The van der Waals surface area contributed by atoms with Crippen LogP contribution in [0.5, 0.6) is 5.75 Å². The van der Waals surface area contributed by atoms with E-state index in [4.69, 9.17) is 4.74 Å². The first-order chi connectivity index (χ1) is 9.47. The van der Waals surface area contributed by atoms with E-state index in [9.17, 15) is 13.2 Å². The maximum absolute atomic E-state index is 12.6. The van der Waals surface area contributed by atoms with Gasteiger partial charge in [0.2, 0.25) is 0 Å². The van der Waals surface area contributed by atoms with Crippen LogP contribution in [0.4, 0.5) is 5.69 Å². The largest absolute Gasteiger partial charge is 0.497 e. The van der Waals surface area contributed by atoms with Crippen LogP contribution in [-0.4, -0.2) is 39.9 Å². The Labute approximate surface area is 117 Å². The van der Waals surface area contributed by atoms with Crippen molar-refractivity contribution in [3.63, 3.8) is 0 Å². The molecule has 0 radical (unpaired) electrons. The third-order valence-electron chi connectivity index (χ3n) is 4.08. The maximum Gasteiger partial charge on any atom is 0.329 e. The fourth-order valence-corrected chi connectivity index (χ4v) is 5.22. The Kier molecular flexibility index (Phi) is 2.72. The second kappa shape index (κ2) is 4.12. The number of esters is 1. The molecule has 0 spiro atoms. The Morgan fingerprint density at radius 1 is 1.30 bits per heavy atom. The molecule has 1 aromatic rings. The summed E-state index contributed by atoms with van der Waals surface area (Å²) in [5.74, 6) is -0.182. The summed E-state index contributed by atoms with van der Waals surface area (Å²) in [6.45, 7) is 0.323. The molecule has 2 fully saturated rings. The van der Waals surface area contributed by atoms with Gasteiger partial charge >= 0.3 is 5.97 Å². The molecule has 1 saturated heterocycles. The van der Waals surface area contributed by atoms with Crippen LogP contribution in [0.1, 0.15) is 6.42 Å². The molecule has 7 heteroatoms. The minimum Gasteiger partial charge on any atom is -0.497 e. The van der Waals surface area contributed by atoms with E-state index in [1.165, 1.54) is 11.4 Å². The Balaban J connectivity index is 1.96. The highest BCUT2D eigenvalue weighted by Gasteiger charge is 2.76. The van der Waals surface area contributed by atoms with Crippen LogP contribution in [0.25, 0.3) is 0 Å². The van der Waals surface area contributed by atoms with Crippen LogP contribution in [-0.2, 0) is 19.6 Å². The first-order valence-corrected chi connectivity index (χ1v) is 7.66. The predicted octanol–water partition coefficient (Wildman–Crippen LogP) is 0.777. The van der Waals surface area contributed by atoms with Crippen molar-refractivity contribution in [3.8, 4) is 5.75 Å². The highest BCUT2D eigenvalue weighted by molar-refractivity contribution is 7.95. The summed E-state index contributed by atoms with van der Waals surface area (Å²) in [6, 6.07) is 6.73. The minimum atomic E-state index is -3.72. The Morgan fingerprint density at radius 3 is 2.50 bits per heavy atom. The summed E-state index contributed by atoms with van der Waals surface area (Å²) >= 11 is 0. The summed E-state index contributed by atoms with van der Waals surface area (Å²) in [7, 11) is -0.954. The van der Waals surface area contributed by atoms with Crippen molar-refractivity contribution in [2.75, 3.05) is 25.1 Å². The van der Waals surface area contributed by atoms with Crippen molar-refractivity contribution in [2.24, 2.45) is 5.92 Å². The Hall–Kier alpha value is -1.76. The lowest BCUT2D eigenvalue weighted by Gasteiger charge is -2.22. The van der Waals surface area contributed by atoms with Gasteiger partial charge in [-0.05, 0) is 30.7 Å². The van der Waals surface area contributed by atoms with E-state index in [1.807, 2.05) is 0 Å². The van der Waals surface area contributed by atoms with Crippen molar-refractivity contribution >= 4 is 21.7 Å². The van der Waals surface area contributed by atoms with Crippen molar-refractivity contribution < 1.29 is 22.7 Å². The van der Waals surface area contributed by atoms with Crippen LogP contribution >= 0.6 is 0 Å². The van der Waals surface area contributed by atoms with E-state index in [0.717, 1.165) is 0 Å². The molecule has 1 aliphatic carbocycles. The fourth-order valence-electron chi connectivity index (χ4n) is 2.85. The normalized spacial score (nSPS) is 29.7. The molecule has 2 atom stereocenters. The smallest absolute Gasteiger partial charge is 0.329 e. The fraction of sp³-hybridized carbons (Fsp3) is 0.462. The van der Waals surface area contributed by atoms with Crippen molar-refractivity contribution in [1.29, 1.82) is 0 Å². The van der Waals surface area contributed by atoms with Crippen LogP contribution in [0, 0.1) is 5.92 Å². The Morgan fingerprint density at radius 2 is 1.95 bits per heavy atom. The molecular weight excluding hydrogens is 282 g/mol. The maximum atomic E-state index is 12.6.